The van der Waals surface area contributed by atoms with Crippen LogP contribution in [0.1, 0.15) is 5.56 Å². The van der Waals surface area contributed by atoms with E-state index in [1.165, 1.54) is 6.07 Å². The smallest absolute Gasteiger partial charge is 0.228 e. The molecule has 0 bridgehead atoms. The van der Waals surface area contributed by atoms with E-state index in [9.17, 15) is 13.6 Å². The van der Waals surface area contributed by atoms with Crippen molar-refractivity contribution < 1.29 is 13.6 Å². The molecule has 102 valence electrons. The van der Waals surface area contributed by atoms with E-state index in [2.05, 4.69) is 10.6 Å². The SMILES string of the molecule is Nc1cc2c(cc1Nc1ccc(F)c(F)c1)NC(=O)C2. The number of carbonyl (C=O) groups is 1. The molecule has 0 radical (unpaired) electrons. The van der Waals surface area contributed by atoms with E-state index in [1.54, 1.807) is 12.1 Å². The fourth-order valence-electron chi connectivity index (χ4n) is 2.13. The van der Waals surface area contributed by atoms with Gasteiger partial charge in [0.25, 0.3) is 0 Å². The van der Waals surface area contributed by atoms with E-state index in [-0.39, 0.29) is 5.91 Å². The summed E-state index contributed by atoms with van der Waals surface area (Å²) in [6.45, 7) is 0. The van der Waals surface area contributed by atoms with Gasteiger partial charge in [0.05, 0.1) is 17.8 Å². The summed E-state index contributed by atoms with van der Waals surface area (Å²) < 4.78 is 26.0. The van der Waals surface area contributed by atoms with Gasteiger partial charge in [-0.2, -0.15) is 0 Å². The summed E-state index contributed by atoms with van der Waals surface area (Å²) >= 11 is 0. The van der Waals surface area contributed by atoms with E-state index >= 15 is 0 Å². The van der Waals surface area contributed by atoms with Crippen LogP contribution in [0.25, 0.3) is 0 Å². The number of nitrogens with one attached hydrogen (secondary N) is 2. The minimum Gasteiger partial charge on any atom is -0.397 e. The second-order valence-corrected chi connectivity index (χ2v) is 4.58. The summed E-state index contributed by atoms with van der Waals surface area (Å²) in [4.78, 5) is 11.3. The third-order valence-corrected chi connectivity index (χ3v) is 3.10. The Kier molecular flexibility index (Phi) is 2.78. The van der Waals surface area contributed by atoms with Crippen LogP contribution in [0.3, 0.4) is 0 Å². The summed E-state index contributed by atoms with van der Waals surface area (Å²) in [6, 6.07) is 6.85. The second-order valence-electron chi connectivity index (χ2n) is 4.58. The number of benzene rings is 2. The molecule has 0 saturated heterocycles. The van der Waals surface area contributed by atoms with Gasteiger partial charge in [-0.25, -0.2) is 8.78 Å². The molecule has 6 heteroatoms. The average molecular weight is 275 g/mol. The summed E-state index contributed by atoms with van der Waals surface area (Å²) in [6.07, 6.45) is 0.297. The van der Waals surface area contributed by atoms with Gasteiger partial charge < -0.3 is 16.4 Å². The number of nitrogen functional groups attached to an aromatic ring is 1. The molecule has 1 heterocycles. The summed E-state index contributed by atoms with van der Waals surface area (Å²) in [5.74, 6) is -1.95. The molecule has 4 nitrogen and oxygen atoms in total. The standard InChI is InChI=1S/C14H11F2N3O/c15-9-2-1-8(5-10(9)16)18-13-6-12-7(3-11(13)17)4-14(20)19-12/h1-3,5-6,18H,4,17H2,(H,19,20). The van der Waals surface area contributed by atoms with E-state index < -0.39 is 11.6 Å². The number of hydrogen-bond donors (Lipinski definition) is 3. The number of halogens is 2. The Morgan fingerprint density at radius 3 is 2.70 bits per heavy atom. The highest BCUT2D eigenvalue weighted by Crippen LogP contribution is 2.33. The molecule has 2 aromatic rings. The number of nitrogens with two attached hydrogens (primary N) is 1. The number of hydrogen-bond acceptors (Lipinski definition) is 3. The summed E-state index contributed by atoms with van der Waals surface area (Å²) in [5.41, 5.74) is 8.72. The van der Waals surface area contributed by atoms with E-state index in [1.807, 2.05) is 0 Å². The number of fused-ring (bicyclic) bond motifs is 1. The van der Waals surface area contributed by atoms with Gasteiger partial charge in [0, 0.05) is 17.4 Å². The minimum absolute atomic E-state index is 0.0932. The Balaban J connectivity index is 1.93. The fraction of sp³-hybridized carbons (Fsp3) is 0.0714. The average Bonchev–Trinajstić information content (AvgIpc) is 2.73. The van der Waals surface area contributed by atoms with Crippen LogP contribution in [0.5, 0.6) is 0 Å². The van der Waals surface area contributed by atoms with Gasteiger partial charge in [-0.3, -0.25) is 4.79 Å². The van der Waals surface area contributed by atoms with Crippen LogP contribution < -0.4 is 16.4 Å². The molecule has 0 atom stereocenters. The highest BCUT2D eigenvalue weighted by atomic mass is 19.2. The lowest BCUT2D eigenvalue weighted by Gasteiger charge is -2.11. The maximum atomic E-state index is 13.2. The molecule has 20 heavy (non-hydrogen) atoms. The Morgan fingerprint density at radius 2 is 1.95 bits per heavy atom. The molecule has 0 saturated carbocycles. The molecule has 0 aliphatic carbocycles. The zero-order valence-corrected chi connectivity index (χ0v) is 10.3. The molecular weight excluding hydrogens is 264 g/mol. The Bertz CT molecular complexity index is 716. The van der Waals surface area contributed by atoms with Crippen molar-refractivity contribution in [2.45, 2.75) is 6.42 Å². The number of rotatable bonds is 2. The first-order chi connectivity index (χ1) is 9.52. The molecule has 2 aromatic carbocycles. The molecule has 3 rings (SSSR count). The Morgan fingerprint density at radius 1 is 1.15 bits per heavy atom. The van der Waals surface area contributed by atoms with Crippen LogP contribution >= 0.6 is 0 Å². The zero-order valence-electron chi connectivity index (χ0n) is 10.3. The Hall–Kier alpha value is -2.63. The van der Waals surface area contributed by atoms with E-state index in [0.29, 0.717) is 29.2 Å². The third kappa shape index (κ3) is 2.16. The quantitative estimate of drug-likeness (QED) is 0.738. The van der Waals surface area contributed by atoms with Crippen molar-refractivity contribution >= 4 is 28.7 Å². The first-order valence-corrected chi connectivity index (χ1v) is 5.97. The lowest BCUT2D eigenvalue weighted by molar-refractivity contribution is -0.115. The molecule has 1 amide bonds. The van der Waals surface area contributed by atoms with Gasteiger partial charge in [0.1, 0.15) is 0 Å². The maximum absolute atomic E-state index is 13.2. The number of amides is 1. The topological polar surface area (TPSA) is 67.2 Å². The zero-order chi connectivity index (χ0) is 14.3. The number of carbonyl (C=O) groups excluding carboxylic acids is 1. The summed E-state index contributed by atoms with van der Waals surface area (Å²) in [5, 5.41) is 5.60. The Labute approximate surface area is 113 Å². The third-order valence-electron chi connectivity index (χ3n) is 3.10. The van der Waals surface area contributed by atoms with Crippen LogP contribution in [0, 0.1) is 11.6 Å². The predicted octanol–water partition coefficient (Wildman–Crippen LogP) is 2.79. The van der Waals surface area contributed by atoms with Crippen molar-refractivity contribution in [3.8, 4) is 0 Å². The van der Waals surface area contributed by atoms with E-state index in [4.69, 9.17) is 5.73 Å². The molecular formula is C14H11F2N3O. The minimum atomic E-state index is -0.942. The van der Waals surface area contributed by atoms with Crippen molar-refractivity contribution in [2.24, 2.45) is 0 Å². The fourth-order valence-corrected chi connectivity index (χ4v) is 2.13. The lowest BCUT2D eigenvalue weighted by Crippen LogP contribution is -2.03. The predicted molar refractivity (Wildman–Crippen MR) is 72.8 cm³/mol. The van der Waals surface area contributed by atoms with Gasteiger partial charge in [-0.15, -0.1) is 0 Å². The molecule has 1 aliphatic heterocycles. The van der Waals surface area contributed by atoms with Crippen LogP contribution in [0.4, 0.5) is 31.5 Å². The second kappa shape index (κ2) is 4.48. The highest BCUT2D eigenvalue weighted by molar-refractivity contribution is 6.01. The first kappa shape index (κ1) is 12.4. The van der Waals surface area contributed by atoms with E-state index in [0.717, 1.165) is 17.7 Å². The highest BCUT2D eigenvalue weighted by Gasteiger charge is 2.19. The van der Waals surface area contributed by atoms with Crippen molar-refractivity contribution in [1.82, 2.24) is 0 Å². The van der Waals surface area contributed by atoms with Crippen LogP contribution in [0.15, 0.2) is 30.3 Å². The van der Waals surface area contributed by atoms with Crippen LogP contribution in [-0.4, -0.2) is 5.91 Å². The van der Waals surface area contributed by atoms with Gasteiger partial charge in [0.2, 0.25) is 5.91 Å². The maximum Gasteiger partial charge on any atom is 0.228 e. The molecule has 0 unspecified atom stereocenters. The van der Waals surface area contributed by atoms with Crippen molar-refractivity contribution in [3.05, 3.63) is 47.5 Å². The van der Waals surface area contributed by atoms with Gasteiger partial charge >= 0.3 is 0 Å². The summed E-state index contributed by atoms with van der Waals surface area (Å²) in [7, 11) is 0. The largest absolute Gasteiger partial charge is 0.397 e. The molecule has 1 aliphatic rings. The number of anilines is 4. The molecule has 0 fully saturated rings. The van der Waals surface area contributed by atoms with Crippen LogP contribution in [0.2, 0.25) is 0 Å². The molecule has 0 aromatic heterocycles. The first-order valence-electron chi connectivity index (χ1n) is 5.97. The van der Waals surface area contributed by atoms with Crippen molar-refractivity contribution in [2.75, 3.05) is 16.4 Å². The van der Waals surface area contributed by atoms with Gasteiger partial charge in [-0.05, 0) is 29.8 Å². The van der Waals surface area contributed by atoms with Gasteiger partial charge in [0.15, 0.2) is 11.6 Å². The van der Waals surface area contributed by atoms with Gasteiger partial charge in [-0.1, -0.05) is 0 Å². The van der Waals surface area contributed by atoms with Crippen LogP contribution in [-0.2, 0) is 11.2 Å². The monoisotopic (exact) mass is 275 g/mol. The van der Waals surface area contributed by atoms with Crippen molar-refractivity contribution in [1.29, 1.82) is 0 Å². The molecule has 0 spiro atoms. The normalized spacial score (nSPS) is 13.0. The lowest BCUT2D eigenvalue weighted by atomic mass is 10.1. The van der Waals surface area contributed by atoms with Crippen molar-refractivity contribution in [3.63, 3.8) is 0 Å². The molecule has 4 N–H and O–H groups in total.